The Morgan fingerprint density at radius 2 is 2.40 bits per heavy atom. The van der Waals surface area contributed by atoms with Crippen LogP contribution in [0.1, 0.15) is 31.2 Å². The molecule has 20 heavy (non-hydrogen) atoms. The molecule has 4 nitrogen and oxygen atoms in total. The molecular weight excluding hydrogens is 274 g/mol. The van der Waals surface area contributed by atoms with Crippen LogP contribution in [0.5, 0.6) is 0 Å². The van der Waals surface area contributed by atoms with Crippen molar-refractivity contribution in [3.8, 4) is 0 Å². The fourth-order valence-electron chi connectivity index (χ4n) is 2.70. The number of aliphatic carboxylic acids is 1. The Morgan fingerprint density at radius 3 is 3.05 bits per heavy atom. The fraction of sp³-hybridized carbons (Fsp3) is 0.533. The number of nitrogens with zero attached hydrogens (tertiary/aromatic N) is 1. The van der Waals surface area contributed by atoms with Gasteiger partial charge >= 0.3 is 5.97 Å². The van der Waals surface area contributed by atoms with Gasteiger partial charge in [-0.2, -0.15) is 0 Å². The zero-order chi connectivity index (χ0) is 14.8. The minimum Gasteiger partial charge on any atom is -0.478 e. The summed E-state index contributed by atoms with van der Waals surface area (Å²) in [7, 11) is 0. The van der Waals surface area contributed by atoms with Crippen molar-refractivity contribution in [1.82, 2.24) is 4.90 Å². The van der Waals surface area contributed by atoms with Crippen molar-refractivity contribution in [3.05, 3.63) is 28.0 Å². The third-order valence-electron chi connectivity index (χ3n) is 3.19. The predicted molar refractivity (Wildman–Crippen MR) is 80.9 cm³/mol. The van der Waals surface area contributed by atoms with Gasteiger partial charge < -0.3 is 9.84 Å². The molecule has 0 aliphatic carbocycles. The summed E-state index contributed by atoms with van der Waals surface area (Å²) >= 11 is 1.67. The molecule has 0 bridgehead atoms. The van der Waals surface area contributed by atoms with Gasteiger partial charge in [-0.1, -0.05) is 0 Å². The van der Waals surface area contributed by atoms with Gasteiger partial charge in [0.05, 0.1) is 11.7 Å². The molecule has 0 aromatic carbocycles. The third kappa shape index (κ3) is 4.16. The summed E-state index contributed by atoms with van der Waals surface area (Å²) < 4.78 is 5.90. The SMILES string of the molecule is CC1CN(Cc2sccc2C=CC(=O)O)CC(C)(C)O1. The lowest BCUT2D eigenvalue weighted by molar-refractivity contribution is -0.131. The van der Waals surface area contributed by atoms with Crippen molar-refractivity contribution in [3.63, 3.8) is 0 Å². The van der Waals surface area contributed by atoms with Gasteiger partial charge in [-0.15, -0.1) is 11.3 Å². The molecule has 1 fully saturated rings. The van der Waals surface area contributed by atoms with Crippen LogP contribution in [-0.4, -0.2) is 40.8 Å². The zero-order valence-electron chi connectivity index (χ0n) is 12.1. The van der Waals surface area contributed by atoms with Crippen LogP contribution in [0.3, 0.4) is 0 Å². The summed E-state index contributed by atoms with van der Waals surface area (Å²) in [6.45, 7) is 8.94. The van der Waals surface area contributed by atoms with Crippen LogP contribution < -0.4 is 0 Å². The van der Waals surface area contributed by atoms with Crippen LogP contribution >= 0.6 is 11.3 Å². The highest BCUT2D eigenvalue weighted by Crippen LogP contribution is 2.25. The average molecular weight is 295 g/mol. The van der Waals surface area contributed by atoms with Gasteiger partial charge in [0.25, 0.3) is 0 Å². The monoisotopic (exact) mass is 295 g/mol. The third-order valence-corrected chi connectivity index (χ3v) is 4.11. The van der Waals surface area contributed by atoms with Crippen molar-refractivity contribution in [1.29, 1.82) is 0 Å². The van der Waals surface area contributed by atoms with Gasteiger partial charge in [0.15, 0.2) is 0 Å². The molecule has 1 atom stereocenters. The van der Waals surface area contributed by atoms with Gasteiger partial charge in [0.2, 0.25) is 0 Å². The average Bonchev–Trinajstić information content (AvgIpc) is 2.70. The van der Waals surface area contributed by atoms with Crippen molar-refractivity contribution in [2.75, 3.05) is 13.1 Å². The Bertz CT molecular complexity index is 507. The van der Waals surface area contributed by atoms with Crippen LogP contribution in [0.25, 0.3) is 6.08 Å². The lowest BCUT2D eigenvalue weighted by Crippen LogP contribution is -2.51. The largest absolute Gasteiger partial charge is 0.478 e. The first kappa shape index (κ1) is 15.2. The molecular formula is C15H21NO3S. The Morgan fingerprint density at radius 1 is 1.65 bits per heavy atom. The highest BCUT2D eigenvalue weighted by atomic mass is 32.1. The minimum atomic E-state index is -0.914. The second kappa shape index (κ2) is 6.08. The maximum Gasteiger partial charge on any atom is 0.328 e. The molecule has 1 aliphatic rings. The number of carboxylic acid groups (broad SMARTS) is 1. The lowest BCUT2D eigenvalue weighted by Gasteiger charge is -2.41. The van der Waals surface area contributed by atoms with Gasteiger partial charge in [0.1, 0.15) is 0 Å². The molecule has 2 rings (SSSR count). The molecule has 110 valence electrons. The van der Waals surface area contributed by atoms with E-state index in [0.717, 1.165) is 25.2 Å². The Balaban J connectivity index is 2.07. The van der Waals surface area contributed by atoms with E-state index in [0.29, 0.717) is 0 Å². The highest BCUT2D eigenvalue weighted by Gasteiger charge is 2.31. The van der Waals surface area contributed by atoms with E-state index >= 15 is 0 Å². The summed E-state index contributed by atoms with van der Waals surface area (Å²) in [4.78, 5) is 14.2. The first-order valence-electron chi connectivity index (χ1n) is 6.73. The van der Waals surface area contributed by atoms with E-state index in [1.807, 2.05) is 11.4 Å². The number of thiophene rings is 1. The van der Waals surface area contributed by atoms with E-state index in [1.165, 1.54) is 11.0 Å². The molecule has 0 saturated carbocycles. The molecule has 0 spiro atoms. The molecule has 1 N–H and O–H groups in total. The first-order valence-corrected chi connectivity index (χ1v) is 7.61. The number of ether oxygens (including phenoxy) is 1. The molecule has 1 unspecified atom stereocenters. The summed E-state index contributed by atoms with van der Waals surface area (Å²) in [6.07, 6.45) is 3.08. The van der Waals surface area contributed by atoms with Gasteiger partial charge in [-0.3, -0.25) is 4.90 Å². The maximum atomic E-state index is 10.6. The minimum absolute atomic E-state index is 0.133. The molecule has 2 heterocycles. The second-order valence-corrected chi connectivity index (χ2v) is 6.83. The van der Waals surface area contributed by atoms with Crippen molar-refractivity contribution in [2.45, 2.75) is 39.0 Å². The predicted octanol–water partition coefficient (Wildman–Crippen LogP) is 2.85. The number of morpholine rings is 1. The summed E-state index contributed by atoms with van der Waals surface area (Å²) in [5.74, 6) is -0.914. The molecule has 1 saturated heterocycles. The van der Waals surface area contributed by atoms with Crippen LogP contribution in [0.15, 0.2) is 17.5 Å². The van der Waals surface area contributed by atoms with Crippen molar-refractivity contribution in [2.24, 2.45) is 0 Å². The van der Waals surface area contributed by atoms with Crippen molar-refractivity contribution >= 4 is 23.4 Å². The highest BCUT2D eigenvalue weighted by molar-refractivity contribution is 7.10. The van der Waals surface area contributed by atoms with Gasteiger partial charge in [0, 0.05) is 30.6 Å². The molecule has 1 aromatic rings. The Kier molecular flexibility index (Phi) is 4.62. The second-order valence-electron chi connectivity index (χ2n) is 5.83. The topological polar surface area (TPSA) is 49.8 Å². The van der Waals surface area contributed by atoms with Crippen LogP contribution in [0.2, 0.25) is 0 Å². The number of carbonyl (C=O) groups is 1. The van der Waals surface area contributed by atoms with Crippen molar-refractivity contribution < 1.29 is 14.6 Å². The van der Waals surface area contributed by atoms with E-state index < -0.39 is 5.97 Å². The molecule has 0 amide bonds. The van der Waals surface area contributed by atoms with E-state index in [9.17, 15) is 4.79 Å². The standard InChI is InChI=1S/C15H21NO3S/c1-11-8-16(10-15(2,3)19-11)9-13-12(6-7-20-13)4-5-14(17)18/h4-7,11H,8-10H2,1-3H3,(H,17,18). The normalized spacial score (nSPS) is 23.2. The number of hydrogen-bond acceptors (Lipinski definition) is 4. The Hall–Kier alpha value is -1.17. The summed E-state index contributed by atoms with van der Waals surface area (Å²) in [5.41, 5.74) is 0.862. The summed E-state index contributed by atoms with van der Waals surface area (Å²) in [6, 6.07) is 1.97. The van der Waals surface area contributed by atoms with E-state index in [2.05, 4.69) is 25.7 Å². The molecule has 5 heteroatoms. The molecule has 1 aromatic heterocycles. The molecule has 0 radical (unpaired) electrons. The Labute approximate surface area is 123 Å². The first-order chi connectivity index (χ1) is 9.35. The quantitative estimate of drug-likeness (QED) is 0.868. The number of carboxylic acids is 1. The van der Waals surface area contributed by atoms with Gasteiger partial charge in [-0.25, -0.2) is 4.79 Å². The van der Waals surface area contributed by atoms with E-state index in [1.54, 1.807) is 17.4 Å². The molecule has 1 aliphatic heterocycles. The van der Waals surface area contributed by atoms with Gasteiger partial charge in [-0.05, 0) is 43.9 Å². The number of hydrogen-bond donors (Lipinski definition) is 1. The summed E-state index contributed by atoms with van der Waals surface area (Å²) in [5, 5.41) is 10.7. The number of rotatable bonds is 4. The fourth-order valence-corrected chi connectivity index (χ4v) is 3.61. The van der Waals surface area contributed by atoms with E-state index in [4.69, 9.17) is 9.84 Å². The van der Waals surface area contributed by atoms with Crippen LogP contribution in [-0.2, 0) is 16.1 Å². The van der Waals surface area contributed by atoms with Crippen LogP contribution in [0.4, 0.5) is 0 Å². The zero-order valence-corrected chi connectivity index (χ0v) is 12.9. The van der Waals surface area contributed by atoms with E-state index in [-0.39, 0.29) is 11.7 Å². The maximum absolute atomic E-state index is 10.6. The lowest BCUT2D eigenvalue weighted by atomic mass is 10.1. The smallest absolute Gasteiger partial charge is 0.328 e. The van der Waals surface area contributed by atoms with Crippen LogP contribution in [0, 0.1) is 0 Å².